The summed E-state index contributed by atoms with van der Waals surface area (Å²) in [5, 5.41) is 23.3. The fourth-order valence-electron chi connectivity index (χ4n) is 10.6. The summed E-state index contributed by atoms with van der Waals surface area (Å²) >= 11 is 0.947. The Bertz CT molecular complexity index is 2230. The maximum atomic E-state index is 14.9. The number of ether oxygens (including phenoxy) is 2. The first-order valence-electron chi connectivity index (χ1n) is 25.6. The van der Waals surface area contributed by atoms with Gasteiger partial charge >= 0.3 is 23.9 Å². The van der Waals surface area contributed by atoms with E-state index in [2.05, 4.69) is 108 Å². The fourth-order valence-corrected chi connectivity index (χ4v) is 11.6. The summed E-state index contributed by atoms with van der Waals surface area (Å²) in [5.74, 6) is -3.26. The zero-order valence-electron chi connectivity index (χ0n) is 47.1. The van der Waals surface area contributed by atoms with Gasteiger partial charge in [0.2, 0.25) is 5.91 Å². The van der Waals surface area contributed by atoms with Crippen molar-refractivity contribution in [3.63, 3.8) is 0 Å². The van der Waals surface area contributed by atoms with Crippen LogP contribution in [0.3, 0.4) is 0 Å². The number of carbonyl (C=O) groups excluding carboxylic acids is 4. The van der Waals surface area contributed by atoms with Crippen LogP contribution in [-0.4, -0.2) is 75.0 Å². The molecule has 0 saturated heterocycles. The van der Waals surface area contributed by atoms with Crippen LogP contribution in [0.15, 0.2) is 21.8 Å². The van der Waals surface area contributed by atoms with E-state index in [4.69, 9.17) is 19.5 Å². The number of hydrogen-bond donors (Lipinski definition) is 4. The van der Waals surface area contributed by atoms with Crippen molar-refractivity contribution in [1.82, 2.24) is 10.3 Å². The number of carboxylic acid groups (broad SMARTS) is 2. The molecule has 5 unspecified atom stereocenters. The van der Waals surface area contributed by atoms with Gasteiger partial charge in [0.1, 0.15) is 34.8 Å². The molecule has 2 fully saturated rings. The average Bonchev–Trinajstić information content (AvgIpc) is 3.67. The van der Waals surface area contributed by atoms with Crippen LogP contribution in [0.1, 0.15) is 191 Å². The van der Waals surface area contributed by atoms with E-state index in [9.17, 15) is 39.0 Å². The molecule has 2 heterocycles. The number of carbonyl (C=O) groups is 6. The molecule has 1 aliphatic heterocycles. The van der Waals surface area contributed by atoms with Crippen molar-refractivity contribution in [3.05, 3.63) is 33.7 Å². The molecule has 0 radical (unpaired) electrons. The standard InChI is InChI=1S/C56H88N4O10S.Zn/c1-29-23-33(52(5,6)7)44(34(24-29)53(8,9)10)69-49(66)42-31(3)37(57-46(42)59-40(61)21-20-22-71-39(48(64)65)28-41(62)63)27-38-32(4)43(47(58-38)60-51(68)56(17,18)19)50(67)70-45-35(54(11,12)13)25-30(2)26-36(45)55(14,15)16;/h27,29-30,33-36,39,44-45H,20-26,28H2,1-19H3,(H5,57,58,59,60,61,62,63,64,65,66,67,68);/p-1. The minimum Gasteiger partial charge on any atom is -0.481 e. The molecule has 400 valence electrons. The Hall–Kier alpha value is -3.78. The molecule has 4 rings (SSSR count). The third-order valence-electron chi connectivity index (χ3n) is 15.0. The van der Waals surface area contributed by atoms with Gasteiger partial charge in [0, 0.05) is 55.0 Å². The van der Waals surface area contributed by atoms with Crippen LogP contribution in [0, 0.1) is 69.5 Å². The van der Waals surface area contributed by atoms with E-state index in [0.29, 0.717) is 28.7 Å². The first-order chi connectivity index (χ1) is 32.3. The number of thioether (sulfide) groups is 1. The van der Waals surface area contributed by atoms with E-state index < -0.39 is 59.1 Å². The van der Waals surface area contributed by atoms with Gasteiger partial charge in [-0.05, 0) is 114 Å². The Labute approximate surface area is 447 Å². The van der Waals surface area contributed by atoms with Crippen molar-refractivity contribution in [3.8, 4) is 0 Å². The Morgan fingerprint density at radius 1 is 0.722 bits per heavy atom. The van der Waals surface area contributed by atoms with Gasteiger partial charge in [-0.25, -0.2) is 14.6 Å². The zero-order chi connectivity index (χ0) is 54.1. The van der Waals surface area contributed by atoms with Crippen LogP contribution in [0.2, 0.25) is 0 Å². The van der Waals surface area contributed by atoms with E-state index in [1.807, 2.05) is 0 Å². The van der Waals surface area contributed by atoms with E-state index in [0.717, 1.165) is 37.4 Å². The summed E-state index contributed by atoms with van der Waals surface area (Å²) in [6.07, 6.45) is 3.93. The van der Waals surface area contributed by atoms with Crippen LogP contribution >= 0.6 is 11.8 Å². The minimum atomic E-state index is -1.25. The van der Waals surface area contributed by atoms with Gasteiger partial charge in [0.25, 0.3) is 0 Å². The Balaban J connectivity index is 0.0000137. The molecule has 14 nitrogen and oxygen atoms in total. The molecule has 3 aliphatic rings. The van der Waals surface area contributed by atoms with Crippen molar-refractivity contribution in [2.45, 2.75) is 194 Å². The fraction of sp³-hybridized carbons (Fsp3) is 0.732. The summed E-state index contributed by atoms with van der Waals surface area (Å²) in [6, 6.07) is 0. The molecule has 1 aromatic heterocycles. The van der Waals surface area contributed by atoms with E-state index in [-0.39, 0.29) is 118 Å². The van der Waals surface area contributed by atoms with Gasteiger partial charge in [0.05, 0.1) is 17.7 Å². The van der Waals surface area contributed by atoms with Crippen LogP contribution in [0.5, 0.6) is 0 Å². The number of nitrogens with one attached hydrogen (secondary N) is 2. The van der Waals surface area contributed by atoms with Crippen LogP contribution in [-0.2, 0) is 52.9 Å². The first kappa shape index (κ1) is 62.5. The van der Waals surface area contributed by atoms with Gasteiger partial charge in [0.15, 0.2) is 0 Å². The minimum absolute atomic E-state index is 0. The van der Waals surface area contributed by atoms with Crippen molar-refractivity contribution in [2.24, 2.45) is 67.6 Å². The van der Waals surface area contributed by atoms with E-state index >= 15 is 0 Å². The number of carboxylic acids is 2. The Morgan fingerprint density at radius 2 is 1.17 bits per heavy atom. The second kappa shape index (κ2) is 23.8. The van der Waals surface area contributed by atoms with Gasteiger partial charge in [-0.2, -0.15) is 0 Å². The Kier molecular flexibility index (Phi) is 20.7. The SMILES string of the molecule is CC1=C(C(=O)OC2C(C(C)(C)C)CC(C)CC2C(C)(C)C)C(NC(=O)CCCSC(CC(=O)O)C(=O)O)=N/C1=C\c1[n-]c(NC(=O)C(C)(C)C)c(C(=O)OC2C(C(C)(C)C)CC(C)CC2C(C)(C)C)c1C.[Zn]. The van der Waals surface area contributed by atoms with Crippen molar-refractivity contribution in [1.29, 1.82) is 0 Å². The van der Waals surface area contributed by atoms with Crippen LogP contribution < -0.4 is 15.6 Å². The van der Waals surface area contributed by atoms with Gasteiger partial charge in [-0.15, -0.1) is 11.8 Å². The molecule has 0 spiro atoms. The largest absolute Gasteiger partial charge is 0.481 e. The van der Waals surface area contributed by atoms with Crippen molar-refractivity contribution >= 4 is 65.2 Å². The molecular weight excluding hydrogens is 986 g/mol. The third-order valence-corrected chi connectivity index (χ3v) is 16.3. The molecule has 4 N–H and O–H groups in total. The van der Waals surface area contributed by atoms with E-state index in [1.54, 1.807) is 40.7 Å². The third kappa shape index (κ3) is 15.9. The number of amidine groups is 1. The number of esters is 2. The molecule has 1 aromatic rings. The van der Waals surface area contributed by atoms with E-state index in [1.165, 1.54) is 0 Å². The predicted octanol–water partition coefficient (Wildman–Crippen LogP) is 11.5. The summed E-state index contributed by atoms with van der Waals surface area (Å²) in [7, 11) is 0. The number of allylic oxidation sites excluding steroid dienone is 1. The summed E-state index contributed by atoms with van der Waals surface area (Å²) in [6.45, 7) is 39.4. The quantitative estimate of drug-likeness (QED) is 0.0779. The number of nitrogens with zero attached hydrogens (tertiary/aromatic N) is 2. The zero-order valence-corrected chi connectivity index (χ0v) is 50.9. The monoisotopic (exact) mass is 1070 g/mol. The van der Waals surface area contributed by atoms with Gasteiger partial charge in [-0.3, -0.25) is 19.2 Å². The summed E-state index contributed by atoms with van der Waals surface area (Å²) in [5.41, 5.74) is 0.0870. The molecule has 72 heavy (non-hydrogen) atoms. The van der Waals surface area contributed by atoms with Crippen LogP contribution in [0.25, 0.3) is 6.08 Å². The van der Waals surface area contributed by atoms with Crippen molar-refractivity contribution < 1.29 is 67.9 Å². The molecule has 2 saturated carbocycles. The summed E-state index contributed by atoms with van der Waals surface area (Å²) in [4.78, 5) is 89.7. The molecule has 0 aromatic carbocycles. The number of aliphatic carboxylic acids is 2. The van der Waals surface area contributed by atoms with Crippen molar-refractivity contribution in [2.75, 3.05) is 11.1 Å². The number of hydrogen-bond acceptors (Lipinski definition) is 10. The normalized spacial score (nSPS) is 25.3. The number of aliphatic imine (C=N–C) groups is 1. The topological polar surface area (TPSA) is 212 Å². The number of aromatic nitrogens is 1. The maximum absolute atomic E-state index is 14.9. The first-order valence-corrected chi connectivity index (χ1v) is 26.7. The molecular formula is C56H87N4O10SZn-. The van der Waals surface area contributed by atoms with Gasteiger partial charge in [-0.1, -0.05) is 118 Å². The number of anilines is 1. The molecule has 0 bridgehead atoms. The average molecular weight is 1070 g/mol. The van der Waals surface area contributed by atoms with Gasteiger partial charge < -0.3 is 35.3 Å². The summed E-state index contributed by atoms with van der Waals surface area (Å²) < 4.78 is 13.4. The maximum Gasteiger partial charge on any atom is 0.342 e. The molecule has 2 aliphatic carbocycles. The molecule has 16 heteroatoms. The number of amides is 2. The molecule has 2 amide bonds. The predicted molar refractivity (Wildman–Crippen MR) is 282 cm³/mol. The smallest absolute Gasteiger partial charge is 0.342 e. The molecule has 5 atom stereocenters. The number of rotatable bonds is 14. The Morgan fingerprint density at radius 3 is 1.57 bits per heavy atom. The van der Waals surface area contributed by atoms with Crippen LogP contribution in [0.4, 0.5) is 5.82 Å². The second-order valence-corrected chi connectivity index (χ2v) is 27.6. The second-order valence-electron chi connectivity index (χ2n) is 26.3.